The van der Waals surface area contributed by atoms with Crippen molar-refractivity contribution in [1.29, 1.82) is 0 Å². The van der Waals surface area contributed by atoms with E-state index in [0.29, 0.717) is 22.3 Å². The van der Waals surface area contributed by atoms with Crippen molar-refractivity contribution < 1.29 is 9.90 Å². The molecule has 1 heterocycles. The minimum absolute atomic E-state index is 0.00875. The molecule has 6 heteroatoms. The molecule has 0 aliphatic carbocycles. The van der Waals surface area contributed by atoms with E-state index in [1.54, 1.807) is 25.2 Å². The van der Waals surface area contributed by atoms with Gasteiger partial charge in [0.25, 0.3) is 5.91 Å². The highest BCUT2D eigenvalue weighted by Crippen LogP contribution is 2.39. The first-order chi connectivity index (χ1) is 14.3. The van der Waals surface area contributed by atoms with Crippen LogP contribution in [0, 0.1) is 0 Å². The molecule has 0 fully saturated rings. The van der Waals surface area contributed by atoms with E-state index in [-0.39, 0.29) is 27.6 Å². The average molecular weight is 422 g/mol. The second-order valence-corrected chi connectivity index (χ2v) is 9.88. The Balaban J connectivity index is 2.11. The molecule has 0 saturated heterocycles. The highest BCUT2D eigenvalue weighted by atomic mass is 16.3. The zero-order valence-corrected chi connectivity index (χ0v) is 19.2. The van der Waals surface area contributed by atoms with E-state index in [1.165, 1.54) is 6.20 Å². The fourth-order valence-electron chi connectivity index (χ4n) is 3.75. The first-order valence-electron chi connectivity index (χ1n) is 10.4. The van der Waals surface area contributed by atoms with Gasteiger partial charge in [0, 0.05) is 30.7 Å². The quantitative estimate of drug-likeness (QED) is 0.472. The van der Waals surface area contributed by atoms with Crippen molar-refractivity contribution in [3.05, 3.63) is 63.4 Å². The Labute approximate surface area is 182 Å². The molecule has 6 nitrogen and oxygen atoms in total. The zero-order chi connectivity index (χ0) is 23.1. The summed E-state index contributed by atoms with van der Waals surface area (Å²) in [5.74, 6) is -0.414. The van der Waals surface area contributed by atoms with Crippen molar-refractivity contribution in [1.82, 2.24) is 4.98 Å². The average Bonchev–Trinajstić information content (AvgIpc) is 2.65. The molecule has 0 radical (unpaired) electrons. The molecule has 0 saturated carbocycles. The van der Waals surface area contributed by atoms with Crippen LogP contribution in [-0.2, 0) is 10.8 Å². The number of rotatable bonds is 3. The van der Waals surface area contributed by atoms with Crippen LogP contribution < -0.4 is 16.1 Å². The third-order valence-corrected chi connectivity index (χ3v) is 5.42. The van der Waals surface area contributed by atoms with E-state index in [1.807, 2.05) is 53.7 Å². The van der Waals surface area contributed by atoms with Gasteiger partial charge in [0.15, 0.2) is 0 Å². The molecular weight excluding hydrogens is 390 g/mol. The summed E-state index contributed by atoms with van der Waals surface area (Å²) >= 11 is 0. The van der Waals surface area contributed by atoms with Gasteiger partial charge in [-0.05, 0) is 40.2 Å². The van der Waals surface area contributed by atoms with Crippen molar-refractivity contribution in [3.8, 4) is 5.75 Å². The first kappa shape index (κ1) is 22.4. The summed E-state index contributed by atoms with van der Waals surface area (Å²) in [6.07, 6.45) is 1.43. The largest absolute Gasteiger partial charge is 0.508 e. The van der Waals surface area contributed by atoms with Gasteiger partial charge in [-0.3, -0.25) is 9.59 Å². The van der Waals surface area contributed by atoms with E-state index < -0.39 is 5.91 Å². The normalized spacial score (nSPS) is 12.1. The summed E-state index contributed by atoms with van der Waals surface area (Å²) in [6.45, 7) is 12.2. The third-order valence-electron chi connectivity index (χ3n) is 5.42. The van der Waals surface area contributed by atoms with Crippen molar-refractivity contribution in [3.63, 3.8) is 0 Å². The van der Waals surface area contributed by atoms with Gasteiger partial charge in [0.05, 0.1) is 10.9 Å². The molecule has 3 rings (SSSR count). The molecule has 3 aromatic rings. The number of anilines is 2. The molecule has 1 amide bonds. The number of phenols is 1. The number of phenolic OH excluding ortho intramolecular Hbond substituents is 1. The Bertz CT molecular complexity index is 1210. The van der Waals surface area contributed by atoms with Crippen LogP contribution in [0.3, 0.4) is 0 Å². The Hall–Kier alpha value is -3.28. The number of nitrogens with one attached hydrogen (secondary N) is 3. The topological polar surface area (TPSA) is 94.2 Å². The summed E-state index contributed by atoms with van der Waals surface area (Å²) in [4.78, 5) is 29.3. The van der Waals surface area contributed by atoms with Crippen LogP contribution >= 0.6 is 0 Å². The molecule has 31 heavy (non-hydrogen) atoms. The summed E-state index contributed by atoms with van der Waals surface area (Å²) < 4.78 is 0. The van der Waals surface area contributed by atoms with Gasteiger partial charge in [-0.15, -0.1) is 0 Å². The lowest BCUT2D eigenvalue weighted by atomic mass is 9.79. The van der Waals surface area contributed by atoms with Crippen molar-refractivity contribution >= 4 is 28.2 Å². The highest BCUT2D eigenvalue weighted by molar-refractivity contribution is 6.07. The number of H-pyrrole nitrogens is 1. The SMILES string of the molecule is CNc1cccc2[nH]cc(C(=O)Nc3cc(O)c(C(C)(C)C)cc3C(C)(C)C)c(=O)c12. The molecule has 164 valence electrons. The summed E-state index contributed by atoms with van der Waals surface area (Å²) in [5, 5.41) is 16.9. The van der Waals surface area contributed by atoms with E-state index in [2.05, 4.69) is 15.6 Å². The monoisotopic (exact) mass is 421 g/mol. The maximum atomic E-state index is 13.1. The molecule has 0 spiro atoms. The molecular formula is C25H31N3O3. The predicted molar refractivity (Wildman–Crippen MR) is 128 cm³/mol. The van der Waals surface area contributed by atoms with Crippen LogP contribution in [0.25, 0.3) is 10.9 Å². The van der Waals surface area contributed by atoms with E-state index >= 15 is 0 Å². The minimum atomic E-state index is -0.525. The number of amides is 1. The van der Waals surface area contributed by atoms with E-state index in [0.717, 1.165) is 11.1 Å². The van der Waals surface area contributed by atoms with Gasteiger partial charge in [0.1, 0.15) is 11.3 Å². The van der Waals surface area contributed by atoms with Crippen LogP contribution in [-0.4, -0.2) is 23.0 Å². The predicted octanol–water partition coefficient (Wildman–Crippen LogP) is 5.12. The number of aromatic hydroxyl groups is 1. The second kappa shape index (κ2) is 7.76. The molecule has 2 aromatic carbocycles. The number of benzene rings is 2. The summed E-state index contributed by atoms with van der Waals surface area (Å²) in [6, 6.07) is 8.93. The molecule has 0 aliphatic heterocycles. The summed E-state index contributed by atoms with van der Waals surface area (Å²) in [5.41, 5.74) is 2.58. The van der Waals surface area contributed by atoms with Crippen molar-refractivity contribution in [2.24, 2.45) is 0 Å². The minimum Gasteiger partial charge on any atom is -0.508 e. The smallest absolute Gasteiger partial charge is 0.261 e. The second-order valence-electron chi connectivity index (χ2n) is 9.88. The number of carbonyl (C=O) groups excluding carboxylic acids is 1. The van der Waals surface area contributed by atoms with Crippen molar-refractivity contribution in [2.75, 3.05) is 17.7 Å². The number of aromatic amines is 1. The number of hydrogen-bond acceptors (Lipinski definition) is 4. The summed E-state index contributed by atoms with van der Waals surface area (Å²) in [7, 11) is 1.73. The molecule has 0 atom stereocenters. The fourth-order valence-corrected chi connectivity index (χ4v) is 3.75. The Kier molecular flexibility index (Phi) is 5.61. The number of carbonyl (C=O) groups is 1. The lowest BCUT2D eigenvalue weighted by Gasteiger charge is -2.28. The maximum Gasteiger partial charge on any atom is 0.261 e. The van der Waals surface area contributed by atoms with Crippen LogP contribution in [0.4, 0.5) is 11.4 Å². The van der Waals surface area contributed by atoms with Gasteiger partial charge in [-0.25, -0.2) is 0 Å². The Morgan fingerprint density at radius 3 is 2.19 bits per heavy atom. The first-order valence-corrected chi connectivity index (χ1v) is 10.4. The van der Waals surface area contributed by atoms with Crippen LogP contribution in [0.5, 0.6) is 5.75 Å². The fraction of sp³-hybridized carbons (Fsp3) is 0.360. The number of aromatic nitrogens is 1. The Morgan fingerprint density at radius 1 is 0.968 bits per heavy atom. The lowest BCUT2D eigenvalue weighted by Crippen LogP contribution is -2.25. The molecule has 1 aromatic heterocycles. The zero-order valence-electron chi connectivity index (χ0n) is 19.2. The van der Waals surface area contributed by atoms with Crippen LogP contribution in [0.1, 0.15) is 63.0 Å². The van der Waals surface area contributed by atoms with E-state index in [4.69, 9.17) is 0 Å². The van der Waals surface area contributed by atoms with E-state index in [9.17, 15) is 14.7 Å². The lowest BCUT2D eigenvalue weighted by molar-refractivity contribution is 0.102. The molecule has 0 aliphatic rings. The number of hydrogen-bond donors (Lipinski definition) is 4. The maximum absolute atomic E-state index is 13.1. The van der Waals surface area contributed by atoms with Gasteiger partial charge in [-0.2, -0.15) is 0 Å². The highest BCUT2D eigenvalue weighted by Gasteiger charge is 2.26. The number of pyridine rings is 1. The Morgan fingerprint density at radius 2 is 1.61 bits per heavy atom. The van der Waals surface area contributed by atoms with Gasteiger partial charge in [0.2, 0.25) is 5.43 Å². The standard InChI is InChI=1S/C25H31N3O3/c1-24(2,3)15-11-16(25(4,5)6)20(29)12-19(15)28-23(31)14-13-27-18-10-8-9-17(26-7)21(18)22(14)30/h8-13,26,29H,1-7H3,(H,27,30)(H,28,31). The van der Waals surface area contributed by atoms with Gasteiger partial charge >= 0.3 is 0 Å². The molecule has 0 unspecified atom stereocenters. The van der Waals surface area contributed by atoms with Crippen LogP contribution in [0.15, 0.2) is 41.3 Å². The third kappa shape index (κ3) is 4.29. The van der Waals surface area contributed by atoms with Crippen molar-refractivity contribution in [2.45, 2.75) is 52.4 Å². The molecule has 0 bridgehead atoms. The van der Waals surface area contributed by atoms with Gasteiger partial charge < -0.3 is 20.7 Å². The van der Waals surface area contributed by atoms with Crippen LogP contribution in [0.2, 0.25) is 0 Å². The number of fused-ring (bicyclic) bond motifs is 1. The van der Waals surface area contributed by atoms with Gasteiger partial charge in [-0.1, -0.05) is 47.6 Å². The molecule has 4 N–H and O–H groups in total.